The van der Waals surface area contributed by atoms with E-state index in [9.17, 15) is 4.79 Å². The molecule has 0 aromatic heterocycles. The van der Waals surface area contributed by atoms with Crippen molar-refractivity contribution in [3.63, 3.8) is 0 Å². The number of nitrogens with two attached hydrogens (primary N) is 1. The van der Waals surface area contributed by atoms with E-state index in [0.29, 0.717) is 5.70 Å². The van der Waals surface area contributed by atoms with Crippen molar-refractivity contribution in [2.75, 3.05) is 0 Å². The van der Waals surface area contributed by atoms with Crippen LogP contribution in [0.4, 0.5) is 0 Å². The van der Waals surface area contributed by atoms with Crippen molar-refractivity contribution < 1.29 is 9.90 Å². The van der Waals surface area contributed by atoms with Gasteiger partial charge in [0.1, 0.15) is 6.04 Å². The Balaban J connectivity index is 4.43. The van der Waals surface area contributed by atoms with Gasteiger partial charge in [0.25, 0.3) is 0 Å². The summed E-state index contributed by atoms with van der Waals surface area (Å²) < 4.78 is 0. The van der Waals surface area contributed by atoms with Gasteiger partial charge in [0.2, 0.25) is 0 Å². The van der Waals surface area contributed by atoms with Crippen LogP contribution < -0.4 is 5.73 Å². The summed E-state index contributed by atoms with van der Waals surface area (Å²) in [7, 11) is 0. The van der Waals surface area contributed by atoms with Gasteiger partial charge in [0.05, 0.1) is 0 Å². The first-order chi connectivity index (χ1) is 6.51. The molecule has 0 spiro atoms. The molecule has 1 atom stereocenters. The maximum atomic E-state index is 10.5. The Labute approximate surface area is 83.8 Å². The van der Waals surface area contributed by atoms with Crippen LogP contribution in [0.25, 0.3) is 0 Å². The van der Waals surface area contributed by atoms with Crippen LogP contribution in [-0.2, 0) is 4.79 Å². The maximum absolute atomic E-state index is 10.5. The average molecular weight is 196 g/mol. The minimum absolute atomic E-state index is 0.178. The zero-order valence-electron chi connectivity index (χ0n) is 8.36. The third-order valence-corrected chi connectivity index (χ3v) is 1.77. The van der Waals surface area contributed by atoms with Crippen molar-refractivity contribution in [3.8, 4) is 0 Å². The molecule has 0 aliphatic rings. The van der Waals surface area contributed by atoms with Crippen LogP contribution in [0.1, 0.15) is 19.8 Å². The highest BCUT2D eigenvalue weighted by Gasteiger charge is 2.12. The molecule has 0 amide bonds. The van der Waals surface area contributed by atoms with E-state index in [4.69, 9.17) is 10.8 Å². The number of nitrogens with zero attached hydrogens (tertiary/aromatic N) is 1. The van der Waals surface area contributed by atoms with Gasteiger partial charge in [-0.2, -0.15) is 0 Å². The van der Waals surface area contributed by atoms with Gasteiger partial charge in [-0.25, -0.2) is 0 Å². The molecule has 1 unspecified atom stereocenters. The SMILES string of the molecule is C=N/C(=C\C(=C)CC)CC(N)C(=O)O. The van der Waals surface area contributed by atoms with Gasteiger partial charge in [-0.15, -0.1) is 0 Å². The summed E-state index contributed by atoms with van der Waals surface area (Å²) in [5, 5.41) is 8.58. The number of aliphatic carboxylic acids is 1. The number of allylic oxidation sites excluding steroid dienone is 2. The highest BCUT2D eigenvalue weighted by molar-refractivity contribution is 5.73. The van der Waals surface area contributed by atoms with Crippen molar-refractivity contribution in [1.29, 1.82) is 0 Å². The quantitative estimate of drug-likeness (QED) is 0.497. The second-order valence-corrected chi connectivity index (χ2v) is 2.95. The van der Waals surface area contributed by atoms with Gasteiger partial charge >= 0.3 is 5.97 Å². The number of hydrogen-bond donors (Lipinski definition) is 2. The van der Waals surface area contributed by atoms with E-state index < -0.39 is 12.0 Å². The summed E-state index contributed by atoms with van der Waals surface area (Å²) in [6.07, 6.45) is 2.69. The first-order valence-corrected chi connectivity index (χ1v) is 4.34. The highest BCUT2D eigenvalue weighted by atomic mass is 16.4. The van der Waals surface area contributed by atoms with Crippen LogP contribution in [0, 0.1) is 0 Å². The van der Waals surface area contributed by atoms with E-state index in [1.165, 1.54) is 0 Å². The molecule has 0 aromatic rings. The Kier molecular flexibility index (Phi) is 5.48. The highest BCUT2D eigenvalue weighted by Crippen LogP contribution is 2.10. The molecule has 0 aromatic carbocycles. The molecule has 3 N–H and O–H groups in total. The predicted molar refractivity (Wildman–Crippen MR) is 57.3 cm³/mol. The number of aliphatic imine (C=N–C) groups is 1. The summed E-state index contributed by atoms with van der Waals surface area (Å²) in [4.78, 5) is 14.2. The third kappa shape index (κ3) is 4.57. The van der Waals surface area contributed by atoms with Gasteiger partial charge in [0, 0.05) is 12.1 Å². The molecule has 0 saturated carbocycles. The lowest BCUT2D eigenvalue weighted by molar-refractivity contribution is -0.138. The largest absolute Gasteiger partial charge is 0.480 e. The van der Waals surface area contributed by atoms with Gasteiger partial charge in [-0.05, 0) is 19.2 Å². The molecule has 0 aliphatic heterocycles. The molecule has 0 fully saturated rings. The van der Waals surface area contributed by atoms with Crippen LogP contribution in [-0.4, -0.2) is 23.8 Å². The monoisotopic (exact) mass is 196 g/mol. The molecule has 0 bridgehead atoms. The zero-order chi connectivity index (χ0) is 11.1. The fourth-order valence-electron chi connectivity index (χ4n) is 0.819. The molecule has 4 nitrogen and oxygen atoms in total. The van der Waals surface area contributed by atoms with Crippen molar-refractivity contribution in [2.24, 2.45) is 10.7 Å². The summed E-state index contributed by atoms with van der Waals surface area (Å²) in [5.41, 5.74) is 6.79. The zero-order valence-corrected chi connectivity index (χ0v) is 8.36. The minimum atomic E-state index is -1.04. The Hall–Kier alpha value is -1.42. The van der Waals surface area contributed by atoms with Gasteiger partial charge < -0.3 is 10.8 Å². The number of rotatable bonds is 6. The van der Waals surface area contributed by atoms with E-state index in [0.717, 1.165) is 12.0 Å². The molecule has 14 heavy (non-hydrogen) atoms. The molecule has 0 saturated heterocycles. The molecule has 4 heteroatoms. The van der Waals surface area contributed by atoms with Crippen molar-refractivity contribution in [2.45, 2.75) is 25.8 Å². The van der Waals surface area contributed by atoms with Crippen molar-refractivity contribution in [3.05, 3.63) is 23.9 Å². The molecule has 0 heterocycles. The Morgan fingerprint density at radius 2 is 2.29 bits per heavy atom. The first-order valence-electron chi connectivity index (χ1n) is 4.34. The Morgan fingerprint density at radius 1 is 1.71 bits per heavy atom. The summed E-state index contributed by atoms with van der Waals surface area (Å²) in [6, 6.07) is -0.934. The average Bonchev–Trinajstić information content (AvgIpc) is 2.16. The second kappa shape index (κ2) is 6.10. The van der Waals surface area contributed by atoms with E-state index >= 15 is 0 Å². The molecular formula is C10H16N2O2. The molecule has 0 rings (SSSR count). The summed E-state index contributed by atoms with van der Waals surface area (Å²) in [5.74, 6) is -1.04. The minimum Gasteiger partial charge on any atom is -0.480 e. The van der Waals surface area contributed by atoms with Crippen LogP contribution in [0.5, 0.6) is 0 Å². The number of hydrogen-bond acceptors (Lipinski definition) is 3. The standard InChI is InChI=1S/C10H16N2O2/c1-4-7(2)5-8(12-3)6-9(11)10(13)14/h5,9H,2-4,6,11H2,1H3,(H,13,14)/b8-5-. The molecular weight excluding hydrogens is 180 g/mol. The number of carbonyl (C=O) groups is 1. The van der Waals surface area contributed by atoms with Gasteiger partial charge in [-0.3, -0.25) is 9.79 Å². The third-order valence-electron chi connectivity index (χ3n) is 1.77. The lowest BCUT2D eigenvalue weighted by atomic mass is 10.1. The first kappa shape index (κ1) is 12.6. The van der Waals surface area contributed by atoms with Crippen LogP contribution in [0.3, 0.4) is 0 Å². The van der Waals surface area contributed by atoms with Crippen LogP contribution in [0.2, 0.25) is 0 Å². The van der Waals surface area contributed by atoms with Crippen LogP contribution >= 0.6 is 0 Å². The van der Waals surface area contributed by atoms with E-state index in [1.807, 2.05) is 6.92 Å². The molecule has 78 valence electrons. The predicted octanol–water partition coefficient (Wildman–Crippen LogP) is 1.34. The van der Waals surface area contributed by atoms with E-state index in [2.05, 4.69) is 18.3 Å². The van der Waals surface area contributed by atoms with Gasteiger partial charge in [-0.1, -0.05) is 19.1 Å². The van der Waals surface area contributed by atoms with Gasteiger partial charge in [0.15, 0.2) is 0 Å². The lowest BCUT2D eigenvalue weighted by Gasteiger charge is -2.06. The smallest absolute Gasteiger partial charge is 0.320 e. The Bertz CT molecular complexity index is 269. The van der Waals surface area contributed by atoms with E-state index in [-0.39, 0.29) is 6.42 Å². The summed E-state index contributed by atoms with van der Waals surface area (Å²) in [6.45, 7) is 9.07. The molecule has 0 radical (unpaired) electrons. The maximum Gasteiger partial charge on any atom is 0.320 e. The number of carboxylic acid groups (broad SMARTS) is 1. The Morgan fingerprint density at radius 3 is 2.64 bits per heavy atom. The fourth-order valence-corrected chi connectivity index (χ4v) is 0.819. The summed E-state index contributed by atoms with van der Waals surface area (Å²) >= 11 is 0. The normalized spacial score (nSPS) is 13.4. The van der Waals surface area contributed by atoms with E-state index in [1.54, 1.807) is 6.08 Å². The fraction of sp³-hybridized carbons (Fsp3) is 0.400. The van der Waals surface area contributed by atoms with Crippen molar-refractivity contribution in [1.82, 2.24) is 0 Å². The lowest BCUT2D eigenvalue weighted by Crippen LogP contribution is -2.30. The second-order valence-electron chi connectivity index (χ2n) is 2.95. The van der Waals surface area contributed by atoms with Crippen LogP contribution in [0.15, 0.2) is 28.9 Å². The van der Waals surface area contributed by atoms with Crippen molar-refractivity contribution >= 4 is 12.7 Å². The topological polar surface area (TPSA) is 75.7 Å². The number of carboxylic acids is 1. The molecule has 0 aliphatic carbocycles.